The van der Waals surface area contributed by atoms with Gasteiger partial charge in [-0.1, -0.05) is 19.4 Å². The molecule has 0 saturated heterocycles. The van der Waals surface area contributed by atoms with Crippen molar-refractivity contribution in [2.24, 2.45) is 34.5 Å². The van der Waals surface area contributed by atoms with Crippen LogP contribution < -0.4 is 0 Å². The molecule has 0 amide bonds. The molecular formula is C23H36O3Si. The molecule has 0 heterocycles. The van der Waals surface area contributed by atoms with Crippen LogP contribution in [0.5, 0.6) is 0 Å². The van der Waals surface area contributed by atoms with Gasteiger partial charge in [-0.25, -0.2) is 0 Å². The molecule has 0 aromatic carbocycles. The fourth-order valence-electron chi connectivity index (χ4n) is 7.13. The Morgan fingerprint density at radius 1 is 1.11 bits per heavy atom. The van der Waals surface area contributed by atoms with E-state index in [2.05, 4.69) is 33.5 Å². The number of rotatable bonds is 3. The molecule has 3 saturated carbocycles. The Morgan fingerprint density at radius 3 is 2.56 bits per heavy atom. The minimum atomic E-state index is -1.64. The first-order valence-electron chi connectivity index (χ1n) is 11.0. The van der Waals surface area contributed by atoms with Gasteiger partial charge in [-0.15, -0.1) is 0 Å². The fraction of sp³-hybridized carbons (Fsp3) is 0.826. The molecule has 0 spiro atoms. The van der Waals surface area contributed by atoms with Crippen LogP contribution in [0.1, 0.15) is 58.8 Å². The molecule has 0 radical (unpaired) electrons. The van der Waals surface area contributed by atoms with Crippen LogP contribution in [0, 0.1) is 34.5 Å². The Balaban J connectivity index is 1.74. The minimum Gasteiger partial charge on any atom is -0.417 e. The van der Waals surface area contributed by atoms with Crippen molar-refractivity contribution in [1.29, 1.82) is 0 Å². The lowest BCUT2D eigenvalue weighted by atomic mass is 9.45. The summed E-state index contributed by atoms with van der Waals surface area (Å²) < 4.78 is 6.54. The number of fused-ring (bicyclic) bond motifs is 5. The zero-order valence-electron chi connectivity index (χ0n) is 17.8. The highest BCUT2D eigenvalue weighted by Crippen LogP contribution is 2.65. The maximum Gasteiger partial charge on any atom is 0.183 e. The lowest BCUT2D eigenvalue weighted by molar-refractivity contribution is -0.134. The van der Waals surface area contributed by atoms with Crippen molar-refractivity contribution >= 4 is 19.9 Å². The highest BCUT2D eigenvalue weighted by atomic mass is 28.4. The first-order valence-corrected chi connectivity index (χ1v) is 14.4. The van der Waals surface area contributed by atoms with Gasteiger partial charge in [0.1, 0.15) is 5.78 Å². The summed E-state index contributed by atoms with van der Waals surface area (Å²) in [5, 5.41) is 0. The second-order valence-corrected chi connectivity index (χ2v) is 15.6. The third-order valence-electron chi connectivity index (χ3n) is 8.48. The summed E-state index contributed by atoms with van der Waals surface area (Å²) in [4.78, 5) is 25.0. The maximum absolute atomic E-state index is 12.7. The Morgan fingerprint density at radius 2 is 1.85 bits per heavy atom. The molecule has 0 aromatic rings. The van der Waals surface area contributed by atoms with Crippen molar-refractivity contribution in [3.8, 4) is 0 Å². The van der Waals surface area contributed by atoms with Gasteiger partial charge >= 0.3 is 0 Å². The summed E-state index contributed by atoms with van der Waals surface area (Å²) in [6.07, 6.45) is 8.75. The maximum atomic E-state index is 12.7. The number of Topliss-reactive ketones (excluding diaryl/α,β-unsaturated/α-hetero) is 1. The zero-order valence-corrected chi connectivity index (χ0v) is 18.8. The van der Waals surface area contributed by atoms with Crippen molar-refractivity contribution in [3.05, 3.63) is 11.6 Å². The Hall–Kier alpha value is -0.743. The molecule has 3 fully saturated rings. The number of carbonyl (C=O) groups is 2. The molecule has 0 unspecified atom stereocenters. The highest BCUT2D eigenvalue weighted by molar-refractivity contribution is 6.69. The molecule has 0 bridgehead atoms. The molecule has 3 nitrogen and oxygen atoms in total. The zero-order chi connectivity index (χ0) is 19.6. The van der Waals surface area contributed by atoms with E-state index in [9.17, 15) is 9.59 Å². The quantitative estimate of drug-likeness (QED) is 0.627. The van der Waals surface area contributed by atoms with Crippen LogP contribution >= 0.6 is 0 Å². The minimum absolute atomic E-state index is 0.0312. The molecule has 4 aliphatic carbocycles. The Labute approximate surface area is 165 Å². The van der Waals surface area contributed by atoms with Gasteiger partial charge in [0.25, 0.3) is 0 Å². The van der Waals surface area contributed by atoms with Crippen LogP contribution in [0.25, 0.3) is 0 Å². The molecule has 27 heavy (non-hydrogen) atoms. The molecule has 150 valence electrons. The van der Waals surface area contributed by atoms with Crippen molar-refractivity contribution in [1.82, 2.24) is 0 Å². The van der Waals surface area contributed by atoms with Gasteiger partial charge in [0, 0.05) is 30.3 Å². The van der Waals surface area contributed by atoms with Gasteiger partial charge in [-0.2, -0.15) is 0 Å². The average molecular weight is 389 g/mol. The summed E-state index contributed by atoms with van der Waals surface area (Å²) >= 11 is 0. The van der Waals surface area contributed by atoms with Crippen molar-refractivity contribution < 1.29 is 14.0 Å². The number of hydrogen-bond donors (Lipinski definition) is 0. The molecule has 4 aliphatic rings. The van der Waals surface area contributed by atoms with E-state index in [0.29, 0.717) is 41.7 Å². The predicted molar refractivity (Wildman–Crippen MR) is 110 cm³/mol. The largest absolute Gasteiger partial charge is 0.417 e. The molecule has 4 heteroatoms. The lowest BCUT2D eigenvalue weighted by Crippen LogP contribution is -2.55. The van der Waals surface area contributed by atoms with Gasteiger partial charge in [0.15, 0.2) is 14.1 Å². The van der Waals surface area contributed by atoms with Crippen LogP contribution in [-0.4, -0.2) is 26.5 Å². The van der Waals surface area contributed by atoms with E-state index in [4.69, 9.17) is 4.43 Å². The van der Waals surface area contributed by atoms with E-state index in [-0.39, 0.29) is 10.8 Å². The van der Waals surface area contributed by atoms with Crippen molar-refractivity contribution in [3.63, 3.8) is 0 Å². The molecule has 4 rings (SSSR count). The fourth-order valence-corrected chi connectivity index (χ4v) is 7.82. The van der Waals surface area contributed by atoms with Gasteiger partial charge < -0.3 is 4.43 Å². The van der Waals surface area contributed by atoms with Crippen LogP contribution in [0.4, 0.5) is 0 Å². The predicted octanol–water partition coefficient (Wildman–Crippen LogP) is 5.17. The lowest BCUT2D eigenvalue weighted by Gasteiger charge is -2.59. The van der Waals surface area contributed by atoms with Gasteiger partial charge in [0.2, 0.25) is 0 Å². The third-order valence-corrected chi connectivity index (χ3v) is 9.49. The second kappa shape index (κ2) is 6.38. The Kier molecular flexibility index (Phi) is 4.63. The third kappa shape index (κ3) is 3.02. The number of ketones is 2. The molecule has 6 atom stereocenters. The van der Waals surface area contributed by atoms with Crippen molar-refractivity contribution in [2.45, 2.75) is 78.4 Å². The first-order chi connectivity index (χ1) is 12.6. The number of hydrogen-bond acceptors (Lipinski definition) is 3. The average Bonchev–Trinajstić information content (AvgIpc) is 2.89. The SMILES string of the molecule is C[C@H]1C[C@@H]2[C@H](CC[C@]3(C)C(=O)CC[C@@H]23)[C@@]2(CO[Si](C)(C)C)CCC(=O)C=C12. The molecule has 0 N–H and O–H groups in total. The van der Waals surface area contributed by atoms with Gasteiger partial charge in [0.05, 0.1) is 0 Å². The van der Waals surface area contributed by atoms with Crippen LogP contribution in [-0.2, 0) is 14.0 Å². The van der Waals surface area contributed by atoms with Crippen molar-refractivity contribution in [2.75, 3.05) is 6.61 Å². The van der Waals surface area contributed by atoms with Crippen LogP contribution in [0.15, 0.2) is 11.6 Å². The second-order valence-electron chi connectivity index (χ2n) is 11.1. The van der Waals surface area contributed by atoms with E-state index in [1.54, 1.807) is 0 Å². The summed E-state index contributed by atoms with van der Waals surface area (Å²) in [5.74, 6) is 2.96. The first kappa shape index (κ1) is 19.6. The normalized spacial score (nSPS) is 44.4. The van der Waals surface area contributed by atoms with Crippen LogP contribution in [0.2, 0.25) is 19.6 Å². The highest BCUT2D eigenvalue weighted by Gasteiger charge is 2.61. The molecular weight excluding hydrogens is 352 g/mol. The van der Waals surface area contributed by atoms with E-state index >= 15 is 0 Å². The van der Waals surface area contributed by atoms with Crippen LogP contribution in [0.3, 0.4) is 0 Å². The Bertz CT molecular complexity index is 690. The standard InChI is InChI=1S/C23H36O3Si/c1-15-12-17-18-6-7-21(25)22(18,2)10-9-19(17)23(14-26-27(3,4)5)11-8-16(24)13-20(15)23/h13,15,17-19H,6-12,14H2,1-5H3/t15-,17-,18-,19-,22-,23-/m0/s1. The van der Waals surface area contributed by atoms with E-state index in [1.165, 1.54) is 5.57 Å². The molecule has 0 aliphatic heterocycles. The smallest absolute Gasteiger partial charge is 0.183 e. The summed E-state index contributed by atoms with van der Waals surface area (Å²) in [6, 6.07) is 0. The number of carbonyl (C=O) groups excluding carboxylic acids is 2. The topological polar surface area (TPSA) is 43.4 Å². The van der Waals surface area contributed by atoms with Gasteiger partial charge in [-0.05, 0) is 81.5 Å². The monoisotopic (exact) mass is 388 g/mol. The van der Waals surface area contributed by atoms with E-state index < -0.39 is 8.32 Å². The summed E-state index contributed by atoms with van der Waals surface area (Å²) in [5.41, 5.74) is 1.32. The summed E-state index contributed by atoms with van der Waals surface area (Å²) in [7, 11) is -1.64. The van der Waals surface area contributed by atoms with E-state index in [0.717, 1.165) is 45.1 Å². The summed E-state index contributed by atoms with van der Waals surface area (Å²) in [6.45, 7) is 12.1. The molecule has 0 aromatic heterocycles. The van der Waals surface area contributed by atoms with Gasteiger partial charge in [-0.3, -0.25) is 9.59 Å². The van der Waals surface area contributed by atoms with E-state index in [1.807, 2.05) is 6.08 Å².